The molecule has 4 nitrogen and oxygen atoms in total. The molecule has 0 radical (unpaired) electrons. The third-order valence-corrected chi connectivity index (χ3v) is 3.04. The fraction of sp³-hybridized carbons (Fsp3) is 0.100. The Morgan fingerprint density at radius 2 is 1.87 bits per heavy atom. The lowest BCUT2D eigenvalue weighted by Crippen LogP contribution is -2.20. The summed E-state index contributed by atoms with van der Waals surface area (Å²) in [4.78, 5) is 11.1. The number of benzene rings is 1. The average Bonchev–Trinajstić information content (AvgIpc) is 2.40. The number of rotatable bonds is 0. The Hall–Kier alpha value is -1.62. The van der Waals surface area contributed by atoms with E-state index < -0.39 is 15.9 Å². The van der Waals surface area contributed by atoms with Crippen LogP contribution < -0.4 is 4.72 Å². The van der Waals surface area contributed by atoms with E-state index in [1.807, 2.05) is 11.6 Å². The first-order chi connectivity index (χ1) is 7.03. The Kier molecular flexibility index (Phi) is 3.26. The molecule has 5 heteroatoms. The molecule has 1 aromatic rings. The van der Waals surface area contributed by atoms with Crippen molar-refractivity contribution in [2.75, 3.05) is 0 Å². The van der Waals surface area contributed by atoms with Gasteiger partial charge in [-0.05, 0) is 19.1 Å². The fourth-order valence-corrected chi connectivity index (χ4v) is 2.29. The van der Waals surface area contributed by atoms with E-state index in [4.69, 9.17) is 0 Å². The zero-order chi connectivity index (χ0) is 11.5. The number of hydrogen-bond donors (Lipinski definition) is 1. The van der Waals surface area contributed by atoms with Gasteiger partial charge in [-0.15, -0.1) is 6.58 Å². The Morgan fingerprint density at radius 3 is 2.40 bits per heavy atom. The number of fused-ring (bicyclic) bond motifs is 1. The van der Waals surface area contributed by atoms with Crippen LogP contribution in [0.5, 0.6) is 0 Å². The van der Waals surface area contributed by atoms with Crippen LogP contribution in [0.3, 0.4) is 0 Å². The lowest BCUT2D eigenvalue weighted by Gasteiger charge is -1.91. The van der Waals surface area contributed by atoms with Crippen molar-refractivity contribution in [3.05, 3.63) is 42.5 Å². The molecule has 0 bridgehead atoms. The Bertz CT molecular complexity index is 491. The van der Waals surface area contributed by atoms with Crippen molar-refractivity contribution in [3.8, 4) is 0 Å². The van der Waals surface area contributed by atoms with E-state index in [9.17, 15) is 13.2 Å². The normalized spacial score (nSPS) is 15.7. The van der Waals surface area contributed by atoms with Crippen LogP contribution in [0.2, 0.25) is 0 Å². The summed E-state index contributed by atoms with van der Waals surface area (Å²) in [5, 5.41) is 0. The van der Waals surface area contributed by atoms with Crippen molar-refractivity contribution in [3.63, 3.8) is 0 Å². The Labute approximate surface area is 88.7 Å². The van der Waals surface area contributed by atoms with E-state index in [-0.39, 0.29) is 10.5 Å². The maximum Gasteiger partial charge on any atom is 0.266 e. The number of carbonyl (C=O) groups excluding carboxylic acids is 1. The van der Waals surface area contributed by atoms with Gasteiger partial charge in [0.05, 0.1) is 5.56 Å². The van der Waals surface area contributed by atoms with Crippen molar-refractivity contribution in [2.45, 2.75) is 11.8 Å². The molecule has 0 aromatic heterocycles. The van der Waals surface area contributed by atoms with Gasteiger partial charge in [0.1, 0.15) is 4.90 Å². The molecule has 0 aliphatic carbocycles. The summed E-state index contributed by atoms with van der Waals surface area (Å²) in [6.45, 7) is 5.25. The topological polar surface area (TPSA) is 63.2 Å². The van der Waals surface area contributed by atoms with Crippen LogP contribution >= 0.6 is 0 Å². The van der Waals surface area contributed by atoms with E-state index in [1.165, 1.54) is 12.1 Å². The lowest BCUT2D eigenvalue weighted by atomic mass is 10.2. The molecule has 0 spiro atoms. The van der Waals surface area contributed by atoms with Crippen LogP contribution in [-0.4, -0.2) is 14.3 Å². The van der Waals surface area contributed by atoms with Crippen molar-refractivity contribution in [2.24, 2.45) is 0 Å². The van der Waals surface area contributed by atoms with Gasteiger partial charge in [0.25, 0.3) is 15.9 Å². The molecule has 0 saturated heterocycles. The zero-order valence-corrected chi connectivity index (χ0v) is 9.04. The third-order valence-electron chi connectivity index (χ3n) is 1.65. The minimum atomic E-state index is -3.55. The highest BCUT2D eigenvalue weighted by Crippen LogP contribution is 2.20. The van der Waals surface area contributed by atoms with E-state index in [0.29, 0.717) is 0 Å². The minimum Gasteiger partial charge on any atom is -0.268 e. The van der Waals surface area contributed by atoms with Crippen LogP contribution in [-0.2, 0) is 10.0 Å². The van der Waals surface area contributed by atoms with Crippen LogP contribution in [0.4, 0.5) is 0 Å². The first kappa shape index (κ1) is 11.5. The predicted molar refractivity (Wildman–Crippen MR) is 57.0 cm³/mol. The molecule has 15 heavy (non-hydrogen) atoms. The summed E-state index contributed by atoms with van der Waals surface area (Å²) in [6, 6.07) is 6.09. The first-order valence-corrected chi connectivity index (χ1v) is 5.74. The fourth-order valence-electron chi connectivity index (χ4n) is 1.12. The first-order valence-electron chi connectivity index (χ1n) is 4.26. The van der Waals surface area contributed by atoms with Crippen molar-refractivity contribution < 1.29 is 13.2 Å². The van der Waals surface area contributed by atoms with E-state index >= 15 is 0 Å². The molecular formula is C10H11NO3S. The summed E-state index contributed by atoms with van der Waals surface area (Å²) in [5.41, 5.74) is 0.220. The van der Waals surface area contributed by atoms with Gasteiger partial charge in [-0.2, -0.15) is 0 Å². The highest BCUT2D eigenvalue weighted by atomic mass is 32.2. The highest BCUT2D eigenvalue weighted by molar-refractivity contribution is 7.90. The van der Waals surface area contributed by atoms with Crippen LogP contribution in [0.25, 0.3) is 0 Å². The standard InChI is InChI=1S/C7H5NO3S.C3H6/c9-7-5-3-1-2-4-6(5)12(10,11)8-7;1-3-2/h1-4H,(H,8,9);3H,1H2,2H3. The quantitative estimate of drug-likeness (QED) is 0.677. The molecule has 0 unspecified atom stereocenters. The molecule has 1 aliphatic heterocycles. The SMILES string of the molecule is C=CC.O=C1NS(=O)(=O)c2ccccc21. The van der Waals surface area contributed by atoms with Gasteiger partial charge in [-0.1, -0.05) is 18.2 Å². The molecule has 1 N–H and O–H groups in total. The lowest BCUT2D eigenvalue weighted by molar-refractivity contribution is 0.0985. The summed E-state index contributed by atoms with van der Waals surface area (Å²) in [7, 11) is -3.55. The average molecular weight is 225 g/mol. The molecule has 0 fully saturated rings. The largest absolute Gasteiger partial charge is 0.268 e. The summed E-state index contributed by atoms with van der Waals surface area (Å²) >= 11 is 0. The molecule has 1 heterocycles. The minimum absolute atomic E-state index is 0.0648. The third kappa shape index (κ3) is 2.24. The maximum atomic E-state index is 11.1. The molecular weight excluding hydrogens is 214 g/mol. The van der Waals surface area contributed by atoms with Gasteiger partial charge in [0.15, 0.2) is 0 Å². The second-order valence-corrected chi connectivity index (χ2v) is 4.49. The number of allylic oxidation sites excluding steroid dienone is 1. The highest BCUT2D eigenvalue weighted by Gasteiger charge is 2.31. The molecule has 0 saturated carbocycles. The van der Waals surface area contributed by atoms with Gasteiger partial charge in [-0.25, -0.2) is 13.1 Å². The Balaban J connectivity index is 0.000000337. The molecule has 2 rings (SSSR count). The van der Waals surface area contributed by atoms with Crippen molar-refractivity contribution in [1.82, 2.24) is 4.72 Å². The summed E-state index contributed by atoms with van der Waals surface area (Å²) < 4.78 is 24.2. The molecule has 1 aromatic carbocycles. The van der Waals surface area contributed by atoms with Crippen LogP contribution in [0.15, 0.2) is 41.8 Å². The number of carbonyl (C=O) groups is 1. The number of amides is 1. The second-order valence-electron chi connectivity index (χ2n) is 2.84. The van der Waals surface area contributed by atoms with Gasteiger partial charge in [-0.3, -0.25) is 4.79 Å². The van der Waals surface area contributed by atoms with E-state index in [0.717, 1.165) is 0 Å². The monoisotopic (exact) mass is 225 g/mol. The van der Waals surface area contributed by atoms with Crippen molar-refractivity contribution >= 4 is 15.9 Å². The van der Waals surface area contributed by atoms with Gasteiger partial charge in [0, 0.05) is 0 Å². The van der Waals surface area contributed by atoms with Crippen LogP contribution in [0, 0.1) is 0 Å². The van der Waals surface area contributed by atoms with E-state index in [1.54, 1.807) is 18.2 Å². The van der Waals surface area contributed by atoms with Crippen molar-refractivity contribution in [1.29, 1.82) is 0 Å². The number of sulfonamides is 1. The number of nitrogens with one attached hydrogen (secondary N) is 1. The summed E-state index contributed by atoms with van der Waals surface area (Å²) in [6.07, 6.45) is 1.75. The zero-order valence-electron chi connectivity index (χ0n) is 8.23. The smallest absolute Gasteiger partial charge is 0.266 e. The molecule has 0 atom stereocenters. The Morgan fingerprint density at radius 1 is 1.33 bits per heavy atom. The van der Waals surface area contributed by atoms with Gasteiger partial charge in [0.2, 0.25) is 0 Å². The molecule has 1 aliphatic rings. The second kappa shape index (κ2) is 4.27. The van der Waals surface area contributed by atoms with Gasteiger partial charge >= 0.3 is 0 Å². The van der Waals surface area contributed by atoms with Gasteiger partial charge < -0.3 is 0 Å². The molecule has 80 valence electrons. The van der Waals surface area contributed by atoms with Crippen LogP contribution in [0.1, 0.15) is 17.3 Å². The number of hydrogen-bond acceptors (Lipinski definition) is 3. The predicted octanol–water partition coefficient (Wildman–Crippen LogP) is 1.31. The maximum absolute atomic E-state index is 11.1. The molecule has 1 amide bonds. The summed E-state index contributed by atoms with van der Waals surface area (Å²) in [5.74, 6) is -0.550. The van der Waals surface area contributed by atoms with E-state index in [2.05, 4.69) is 6.58 Å².